The minimum atomic E-state index is -2.18. The maximum Gasteiger partial charge on any atom is 0.351 e. The lowest BCUT2D eigenvalue weighted by Crippen LogP contribution is -2.50. The second-order valence-corrected chi connectivity index (χ2v) is 13.2. The quantitative estimate of drug-likeness (QED) is 0.680. The fraction of sp³-hybridized carbons (Fsp3) is 0.722. The number of carbonyl (C=O) groups excluding carboxylic acids is 1. The van der Waals surface area contributed by atoms with Crippen LogP contribution in [0.15, 0.2) is 17.1 Å². The molecule has 0 aliphatic carbocycles. The summed E-state index contributed by atoms with van der Waals surface area (Å²) in [6, 6.07) is 1.51. The standard InChI is InChI=1S/C18H31N3O6Si/c1-11(23)19-13-8-9-21(17(24)20-13)16-15(25-5)14(12(10-22)26-16)27-28(6,7)18(2,3)4/h8-9,12,14-16,22H,10H2,1-7H3,(H,19,20,23,24)/t12-,14?,15-,16-/m1/s1. The molecule has 10 heteroatoms. The van der Waals surface area contributed by atoms with Gasteiger partial charge in [-0.3, -0.25) is 9.36 Å². The number of aliphatic hydroxyl groups is 1. The molecular weight excluding hydrogens is 382 g/mol. The van der Waals surface area contributed by atoms with Crippen LogP contribution in [0, 0.1) is 0 Å². The molecule has 2 N–H and O–H groups in total. The van der Waals surface area contributed by atoms with Crippen molar-refractivity contribution in [2.45, 2.75) is 70.4 Å². The van der Waals surface area contributed by atoms with Crippen LogP contribution in [-0.2, 0) is 18.7 Å². The predicted molar refractivity (Wildman–Crippen MR) is 107 cm³/mol. The molecule has 1 saturated heterocycles. The van der Waals surface area contributed by atoms with Crippen molar-refractivity contribution >= 4 is 20.0 Å². The van der Waals surface area contributed by atoms with Gasteiger partial charge in [-0.1, -0.05) is 20.8 Å². The van der Waals surface area contributed by atoms with Crippen LogP contribution < -0.4 is 11.0 Å². The number of methoxy groups -OCH3 is 1. The van der Waals surface area contributed by atoms with Gasteiger partial charge in [0, 0.05) is 20.2 Å². The smallest absolute Gasteiger partial charge is 0.351 e. The Bertz CT molecular complexity index is 760. The Kier molecular flexibility index (Phi) is 6.82. The van der Waals surface area contributed by atoms with Crippen molar-refractivity contribution in [3.05, 3.63) is 22.7 Å². The van der Waals surface area contributed by atoms with Gasteiger partial charge >= 0.3 is 5.69 Å². The van der Waals surface area contributed by atoms with Crippen molar-refractivity contribution in [3.63, 3.8) is 0 Å². The number of aromatic nitrogens is 2. The summed E-state index contributed by atoms with van der Waals surface area (Å²) in [4.78, 5) is 27.5. The van der Waals surface area contributed by atoms with Gasteiger partial charge < -0.3 is 24.3 Å². The van der Waals surface area contributed by atoms with Gasteiger partial charge in [-0.15, -0.1) is 0 Å². The largest absolute Gasteiger partial charge is 0.408 e. The van der Waals surface area contributed by atoms with Gasteiger partial charge in [0.15, 0.2) is 14.5 Å². The van der Waals surface area contributed by atoms with E-state index in [4.69, 9.17) is 13.9 Å². The number of hydrogen-bond acceptors (Lipinski definition) is 7. The predicted octanol–water partition coefficient (Wildman–Crippen LogP) is 1.50. The van der Waals surface area contributed by atoms with Crippen molar-refractivity contribution in [2.24, 2.45) is 0 Å². The van der Waals surface area contributed by atoms with E-state index in [1.807, 2.05) is 0 Å². The van der Waals surface area contributed by atoms with Gasteiger partial charge in [0.25, 0.3) is 0 Å². The summed E-state index contributed by atoms with van der Waals surface area (Å²) in [5.41, 5.74) is -0.594. The van der Waals surface area contributed by atoms with Crippen LogP contribution in [-0.4, -0.2) is 60.9 Å². The third-order valence-corrected chi connectivity index (χ3v) is 9.86. The fourth-order valence-corrected chi connectivity index (χ4v) is 4.17. The van der Waals surface area contributed by atoms with Crippen LogP contribution in [0.1, 0.15) is 33.9 Å². The van der Waals surface area contributed by atoms with Crippen LogP contribution in [0.4, 0.5) is 5.82 Å². The molecule has 1 amide bonds. The second-order valence-electron chi connectivity index (χ2n) is 8.47. The first-order chi connectivity index (χ1) is 12.9. The van der Waals surface area contributed by atoms with E-state index in [-0.39, 0.29) is 23.4 Å². The van der Waals surface area contributed by atoms with Gasteiger partial charge in [0.05, 0.1) is 6.61 Å². The molecule has 1 aromatic rings. The van der Waals surface area contributed by atoms with Crippen LogP contribution in [0.25, 0.3) is 0 Å². The molecule has 2 rings (SSSR count). The first-order valence-electron chi connectivity index (χ1n) is 9.25. The SMILES string of the molecule is CO[C@@H]1C(O[Si](C)(C)C(C)(C)C)[C@@H](CO)O[C@H]1n1ccc(NC(C)=O)nc1=O. The summed E-state index contributed by atoms with van der Waals surface area (Å²) in [6.45, 7) is 11.7. The highest BCUT2D eigenvalue weighted by molar-refractivity contribution is 6.74. The molecule has 1 fully saturated rings. The maximum absolute atomic E-state index is 12.5. The van der Waals surface area contributed by atoms with Crippen molar-refractivity contribution < 1.29 is 23.8 Å². The van der Waals surface area contributed by atoms with Crippen LogP contribution in [0.5, 0.6) is 0 Å². The van der Waals surface area contributed by atoms with E-state index in [0.717, 1.165) is 0 Å². The third-order valence-electron chi connectivity index (χ3n) is 5.38. The number of ether oxygens (including phenoxy) is 2. The van der Waals surface area contributed by atoms with Crippen LogP contribution in [0.3, 0.4) is 0 Å². The number of hydrogen-bond donors (Lipinski definition) is 2. The summed E-state index contributed by atoms with van der Waals surface area (Å²) in [5, 5.41) is 12.3. The van der Waals surface area contributed by atoms with E-state index in [9.17, 15) is 14.7 Å². The minimum Gasteiger partial charge on any atom is -0.408 e. The molecular formula is C18H31N3O6Si. The first kappa shape index (κ1) is 22.7. The normalized spacial score (nSPS) is 25.7. The molecule has 1 unspecified atom stereocenters. The van der Waals surface area contributed by atoms with Crippen molar-refractivity contribution in [3.8, 4) is 0 Å². The lowest BCUT2D eigenvalue weighted by molar-refractivity contribution is -0.114. The van der Waals surface area contributed by atoms with E-state index in [1.54, 1.807) is 0 Å². The Labute approximate surface area is 166 Å². The number of rotatable bonds is 6. The van der Waals surface area contributed by atoms with Gasteiger partial charge in [-0.2, -0.15) is 4.98 Å². The molecule has 28 heavy (non-hydrogen) atoms. The Morgan fingerprint density at radius 1 is 1.39 bits per heavy atom. The molecule has 0 radical (unpaired) electrons. The van der Waals surface area contributed by atoms with E-state index in [0.29, 0.717) is 0 Å². The van der Waals surface area contributed by atoms with E-state index in [2.05, 4.69) is 44.2 Å². The van der Waals surface area contributed by atoms with E-state index in [1.165, 1.54) is 30.9 Å². The summed E-state index contributed by atoms with van der Waals surface area (Å²) in [5.74, 6) is -0.159. The zero-order chi connectivity index (χ0) is 21.3. The Balaban J connectivity index is 2.34. The van der Waals surface area contributed by atoms with Crippen molar-refractivity contribution in [1.82, 2.24) is 9.55 Å². The van der Waals surface area contributed by atoms with Crippen LogP contribution >= 0.6 is 0 Å². The lowest BCUT2D eigenvalue weighted by atomic mass is 10.1. The highest BCUT2D eigenvalue weighted by Gasteiger charge is 2.51. The molecule has 2 heterocycles. The number of anilines is 1. The number of carbonyl (C=O) groups is 1. The zero-order valence-electron chi connectivity index (χ0n) is 17.6. The van der Waals surface area contributed by atoms with Gasteiger partial charge in [0.2, 0.25) is 5.91 Å². The molecule has 1 aromatic heterocycles. The molecule has 0 aromatic carbocycles. The number of nitrogens with one attached hydrogen (secondary N) is 1. The number of nitrogens with zero attached hydrogens (tertiary/aromatic N) is 2. The monoisotopic (exact) mass is 413 g/mol. The Morgan fingerprint density at radius 2 is 2.04 bits per heavy atom. The molecule has 0 bridgehead atoms. The third kappa shape index (κ3) is 4.69. The summed E-state index contributed by atoms with van der Waals surface area (Å²) in [7, 11) is -0.658. The second kappa shape index (κ2) is 8.42. The zero-order valence-corrected chi connectivity index (χ0v) is 18.6. The number of aliphatic hydroxyl groups excluding tert-OH is 1. The van der Waals surface area contributed by atoms with Crippen molar-refractivity contribution in [1.29, 1.82) is 0 Å². The lowest BCUT2D eigenvalue weighted by Gasteiger charge is -2.40. The average molecular weight is 414 g/mol. The fourth-order valence-electron chi connectivity index (χ4n) is 2.85. The summed E-state index contributed by atoms with van der Waals surface area (Å²) < 4.78 is 19.3. The van der Waals surface area contributed by atoms with Gasteiger partial charge in [-0.05, 0) is 24.2 Å². The highest BCUT2D eigenvalue weighted by Crippen LogP contribution is 2.41. The molecule has 158 valence electrons. The topological polar surface area (TPSA) is 112 Å². The van der Waals surface area contributed by atoms with E-state index < -0.39 is 38.5 Å². The first-order valence-corrected chi connectivity index (χ1v) is 12.2. The molecule has 4 atom stereocenters. The summed E-state index contributed by atoms with van der Waals surface area (Å²) >= 11 is 0. The minimum absolute atomic E-state index is 0.0399. The highest BCUT2D eigenvalue weighted by atomic mass is 28.4. The average Bonchev–Trinajstić information content (AvgIpc) is 2.90. The molecule has 9 nitrogen and oxygen atoms in total. The Morgan fingerprint density at radius 3 is 2.50 bits per heavy atom. The summed E-state index contributed by atoms with van der Waals surface area (Å²) in [6.07, 6.45) is -1.07. The molecule has 0 spiro atoms. The molecule has 1 aliphatic heterocycles. The molecule has 1 aliphatic rings. The van der Waals surface area contributed by atoms with Crippen LogP contribution in [0.2, 0.25) is 18.1 Å². The van der Waals surface area contributed by atoms with Crippen molar-refractivity contribution in [2.75, 3.05) is 19.0 Å². The van der Waals surface area contributed by atoms with Gasteiger partial charge in [-0.25, -0.2) is 4.79 Å². The Hall–Kier alpha value is -1.59. The van der Waals surface area contributed by atoms with E-state index >= 15 is 0 Å². The van der Waals surface area contributed by atoms with Gasteiger partial charge in [0.1, 0.15) is 24.1 Å². The number of amides is 1. The maximum atomic E-state index is 12.5. The molecule has 0 saturated carbocycles.